The molecule has 0 aliphatic heterocycles. The summed E-state index contributed by atoms with van der Waals surface area (Å²) in [6.07, 6.45) is 2.71. The molecule has 0 bridgehead atoms. The second-order valence-electron chi connectivity index (χ2n) is 8.25. The molecule has 0 spiro atoms. The number of para-hydroxylation sites is 1. The maximum atomic E-state index is 13.2. The molecule has 2 rings (SSSR count). The Morgan fingerprint density at radius 3 is 2.22 bits per heavy atom. The van der Waals surface area contributed by atoms with Crippen molar-refractivity contribution >= 4 is 52.3 Å². The Morgan fingerprint density at radius 2 is 1.59 bits per heavy atom. The van der Waals surface area contributed by atoms with Gasteiger partial charge in [0, 0.05) is 23.5 Å². The van der Waals surface area contributed by atoms with Crippen molar-refractivity contribution in [2.75, 3.05) is 18.6 Å². The van der Waals surface area contributed by atoms with Crippen molar-refractivity contribution in [3.05, 3.63) is 36.0 Å². The highest BCUT2D eigenvalue weighted by Crippen LogP contribution is 2.19. The van der Waals surface area contributed by atoms with E-state index in [1.807, 2.05) is 12.1 Å². The van der Waals surface area contributed by atoms with E-state index in [1.54, 1.807) is 24.6 Å². The fourth-order valence-electron chi connectivity index (χ4n) is 3.51. The molecule has 1 heterocycles. The van der Waals surface area contributed by atoms with Gasteiger partial charge in [0.15, 0.2) is 0 Å². The SMILES string of the molecule is CSCCC(NC(=O)C(Cc1c[nH]c2ccccc12)NC(=O)C(CC(=O)O)NC(=O)C(N)CO)C(=O)O. The molecule has 37 heavy (non-hydrogen) atoms. The van der Waals surface area contributed by atoms with Crippen LogP contribution in [0.25, 0.3) is 10.9 Å². The summed E-state index contributed by atoms with van der Waals surface area (Å²) in [5.41, 5.74) is 6.87. The Kier molecular flexibility index (Phi) is 11.4. The van der Waals surface area contributed by atoms with Crippen LogP contribution in [0.5, 0.6) is 0 Å². The summed E-state index contributed by atoms with van der Waals surface area (Å²) in [5, 5.41) is 35.6. The highest BCUT2D eigenvalue weighted by atomic mass is 32.2. The van der Waals surface area contributed by atoms with E-state index < -0.39 is 66.9 Å². The molecule has 1 aromatic carbocycles. The predicted octanol–water partition coefficient (Wildman–Crippen LogP) is -1.20. The normalized spacial score (nSPS) is 14.2. The molecule has 4 unspecified atom stereocenters. The maximum absolute atomic E-state index is 13.2. The quantitative estimate of drug-likeness (QED) is 0.135. The van der Waals surface area contributed by atoms with Crippen LogP contribution in [0.2, 0.25) is 0 Å². The average Bonchev–Trinajstić information content (AvgIpc) is 3.27. The molecule has 0 saturated heterocycles. The number of aliphatic carboxylic acids is 2. The van der Waals surface area contributed by atoms with Gasteiger partial charge in [-0.2, -0.15) is 11.8 Å². The smallest absolute Gasteiger partial charge is 0.326 e. The number of hydrogen-bond acceptors (Lipinski definition) is 8. The van der Waals surface area contributed by atoms with E-state index in [4.69, 9.17) is 10.8 Å². The monoisotopic (exact) mass is 537 g/mol. The molecule has 3 amide bonds. The Labute approximate surface area is 216 Å². The molecule has 14 heteroatoms. The highest BCUT2D eigenvalue weighted by molar-refractivity contribution is 7.98. The van der Waals surface area contributed by atoms with Crippen LogP contribution in [0, 0.1) is 0 Å². The first-order valence-corrected chi connectivity index (χ1v) is 12.7. The molecule has 0 aliphatic carbocycles. The number of carbonyl (C=O) groups excluding carboxylic acids is 3. The Balaban J connectivity index is 2.32. The van der Waals surface area contributed by atoms with Crippen LogP contribution in [-0.4, -0.2) is 92.7 Å². The number of carboxylic acid groups (broad SMARTS) is 2. The van der Waals surface area contributed by atoms with Crippen LogP contribution < -0.4 is 21.7 Å². The summed E-state index contributed by atoms with van der Waals surface area (Å²) in [7, 11) is 0. The zero-order chi connectivity index (χ0) is 27.5. The second-order valence-corrected chi connectivity index (χ2v) is 9.24. The minimum absolute atomic E-state index is 0.0552. The van der Waals surface area contributed by atoms with Crippen molar-refractivity contribution < 1.29 is 39.3 Å². The number of nitrogens with one attached hydrogen (secondary N) is 4. The third-order valence-electron chi connectivity index (χ3n) is 5.50. The molecular weight excluding hydrogens is 506 g/mol. The number of carboxylic acids is 2. The topological polar surface area (TPSA) is 224 Å². The third-order valence-corrected chi connectivity index (χ3v) is 6.15. The number of H-pyrrole nitrogens is 1. The highest BCUT2D eigenvalue weighted by Gasteiger charge is 2.32. The van der Waals surface area contributed by atoms with Gasteiger partial charge in [0.1, 0.15) is 24.2 Å². The van der Waals surface area contributed by atoms with Gasteiger partial charge < -0.3 is 42.0 Å². The Morgan fingerprint density at radius 1 is 0.973 bits per heavy atom. The molecule has 9 N–H and O–H groups in total. The zero-order valence-electron chi connectivity index (χ0n) is 20.1. The van der Waals surface area contributed by atoms with E-state index in [9.17, 15) is 34.2 Å². The van der Waals surface area contributed by atoms with Gasteiger partial charge in [0.05, 0.1) is 13.0 Å². The number of aliphatic hydroxyl groups excluding tert-OH is 1. The standard InChI is InChI=1S/C23H31N5O8S/c1-37-7-6-16(23(35)36)26-21(33)17(8-12-10-25-15-5-3-2-4-13(12)15)28-22(34)18(9-19(30)31)27-20(32)14(24)11-29/h2-5,10,14,16-18,25,29H,6-9,11,24H2,1H3,(H,26,33)(H,27,32)(H,28,34)(H,30,31)(H,35,36). The van der Waals surface area contributed by atoms with Crippen molar-refractivity contribution in [1.82, 2.24) is 20.9 Å². The van der Waals surface area contributed by atoms with Gasteiger partial charge in [-0.1, -0.05) is 18.2 Å². The molecular formula is C23H31N5O8S. The van der Waals surface area contributed by atoms with E-state index >= 15 is 0 Å². The fourth-order valence-corrected chi connectivity index (χ4v) is 3.98. The van der Waals surface area contributed by atoms with Crippen LogP contribution in [0.1, 0.15) is 18.4 Å². The number of hydrogen-bond donors (Lipinski definition) is 8. The minimum Gasteiger partial charge on any atom is -0.481 e. The summed E-state index contributed by atoms with van der Waals surface area (Å²) < 4.78 is 0. The summed E-state index contributed by atoms with van der Waals surface area (Å²) in [6, 6.07) is 1.72. The average molecular weight is 538 g/mol. The van der Waals surface area contributed by atoms with Crippen molar-refractivity contribution in [3.8, 4) is 0 Å². The molecule has 0 fully saturated rings. The number of aromatic nitrogens is 1. The van der Waals surface area contributed by atoms with Crippen molar-refractivity contribution in [3.63, 3.8) is 0 Å². The molecule has 1 aromatic heterocycles. The van der Waals surface area contributed by atoms with Crippen molar-refractivity contribution in [2.45, 2.75) is 43.4 Å². The van der Waals surface area contributed by atoms with Gasteiger partial charge in [-0.05, 0) is 30.1 Å². The van der Waals surface area contributed by atoms with Crippen molar-refractivity contribution in [2.24, 2.45) is 5.73 Å². The van der Waals surface area contributed by atoms with Crippen LogP contribution >= 0.6 is 11.8 Å². The largest absolute Gasteiger partial charge is 0.481 e. The van der Waals surface area contributed by atoms with Crippen LogP contribution in [-0.2, 0) is 30.4 Å². The molecule has 4 atom stereocenters. The lowest BCUT2D eigenvalue weighted by atomic mass is 10.0. The van der Waals surface area contributed by atoms with Crippen molar-refractivity contribution in [1.29, 1.82) is 0 Å². The van der Waals surface area contributed by atoms with Gasteiger partial charge in [0.2, 0.25) is 17.7 Å². The number of aromatic amines is 1. The lowest BCUT2D eigenvalue weighted by Crippen LogP contribution is -2.58. The molecule has 13 nitrogen and oxygen atoms in total. The number of aliphatic hydroxyl groups is 1. The number of carbonyl (C=O) groups is 5. The summed E-state index contributed by atoms with van der Waals surface area (Å²) >= 11 is 1.41. The van der Waals surface area contributed by atoms with Gasteiger partial charge >= 0.3 is 11.9 Å². The number of fused-ring (bicyclic) bond motifs is 1. The first-order chi connectivity index (χ1) is 17.6. The van der Waals surface area contributed by atoms with Crippen LogP contribution in [0.4, 0.5) is 0 Å². The molecule has 0 saturated carbocycles. The number of benzene rings is 1. The molecule has 2 aromatic rings. The third kappa shape index (κ3) is 8.77. The Hall–Kier alpha value is -3.62. The van der Waals surface area contributed by atoms with E-state index in [0.29, 0.717) is 11.3 Å². The first-order valence-electron chi connectivity index (χ1n) is 11.3. The van der Waals surface area contributed by atoms with E-state index in [-0.39, 0.29) is 12.8 Å². The summed E-state index contributed by atoms with van der Waals surface area (Å²) in [4.78, 5) is 64.3. The van der Waals surface area contributed by atoms with Gasteiger partial charge in [0.25, 0.3) is 0 Å². The zero-order valence-corrected chi connectivity index (χ0v) is 20.9. The van der Waals surface area contributed by atoms with E-state index in [0.717, 1.165) is 10.9 Å². The second kappa shape index (κ2) is 14.2. The van der Waals surface area contributed by atoms with E-state index in [1.165, 1.54) is 11.8 Å². The predicted molar refractivity (Wildman–Crippen MR) is 136 cm³/mol. The Bertz CT molecular complexity index is 1120. The number of rotatable bonds is 15. The minimum atomic E-state index is -1.60. The number of thioether (sulfide) groups is 1. The van der Waals surface area contributed by atoms with Crippen LogP contribution in [0.15, 0.2) is 30.5 Å². The first kappa shape index (κ1) is 29.6. The number of amides is 3. The molecule has 202 valence electrons. The summed E-state index contributed by atoms with van der Waals surface area (Å²) in [5.74, 6) is -4.91. The molecule has 0 radical (unpaired) electrons. The maximum Gasteiger partial charge on any atom is 0.326 e. The van der Waals surface area contributed by atoms with Crippen LogP contribution in [0.3, 0.4) is 0 Å². The lowest BCUT2D eigenvalue weighted by molar-refractivity contribution is -0.143. The fraction of sp³-hybridized carbons (Fsp3) is 0.435. The number of nitrogens with two attached hydrogens (primary N) is 1. The van der Waals surface area contributed by atoms with Gasteiger partial charge in [-0.3, -0.25) is 19.2 Å². The van der Waals surface area contributed by atoms with Gasteiger partial charge in [-0.25, -0.2) is 4.79 Å². The van der Waals surface area contributed by atoms with E-state index in [2.05, 4.69) is 20.9 Å². The molecule has 0 aliphatic rings. The summed E-state index contributed by atoms with van der Waals surface area (Å²) in [6.45, 7) is -0.731. The van der Waals surface area contributed by atoms with Gasteiger partial charge in [-0.15, -0.1) is 0 Å². The lowest BCUT2D eigenvalue weighted by Gasteiger charge is -2.24.